The fourth-order valence-electron chi connectivity index (χ4n) is 3.34. The van der Waals surface area contributed by atoms with E-state index in [0.717, 1.165) is 17.2 Å². The molecule has 4 aromatic rings. The maximum absolute atomic E-state index is 13.9. The van der Waals surface area contributed by atoms with Gasteiger partial charge < -0.3 is 4.57 Å². The summed E-state index contributed by atoms with van der Waals surface area (Å²) in [5.74, 6) is -0.612. The molecule has 0 aliphatic carbocycles. The Morgan fingerprint density at radius 1 is 1.00 bits per heavy atom. The highest BCUT2D eigenvalue weighted by Crippen LogP contribution is 2.23. The molecule has 0 spiro atoms. The summed E-state index contributed by atoms with van der Waals surface area (Å²) >= 11 is 6.07. The van der Waals surface area contributed by atoms with Crippen molar-refractivity contribution in [1.29, 1.82) is 0 Å². The van der Waals surface area contributed by atoms with Crippen molar-refractivity contribution in [3.63, 3.8) is 0 Å². The number of benzene rings is 3. The number of hydrogen-bond donors (Lipinski definition) is 0. The van der Waals surface area contributed by atoms with Crippen molar-refractivity contribution in [2.24, 2.45) is 0 Å². The molecule has 0 radical (unpaired) electrons. The summed E-state index contributed by atoms with van der Waals surface area (Å²) < 4.78 is 42.0. The van der Waals surface area contributed by atoms with Gasteiger partial charge in [-0.3, -0.25) is 4.79 Å². The smallest absolute Gasteiger partial charge is 0.211 e. The first-order chi connectivity index (χ1) is 14.3. The highest BCUT2D eigenvalue weighted by Gasteiger charge is 2.24. The molecule has 0 amide bonds. The fraction of sp³-hybridized carbons (Fsp3) is 0.0870. The quantitative estimate of drug-likeness (QED) is 0.448. The highest BCUT2D eigenvalue weighted by atomic mass is 35.5. The number of nitrogens with zero attached hydrogens (tertiary/aromatic N) is 1. The van der Waals surface area contributed by atoms with E-state index in [4.69, 9.17) is 11.6 Å². The maximum atomic E-state index is 13.9. The van der Waals surface area contributed by atoms with Crippen LogP contribution in [0.3, 0.4) is 0 Å². The molecular formula is C23H17ClFNO3S. The van der Waals surface area contributed by atoms with Gasteiger partial charge in [-0.05, 0) is 55.0 Å². The second kappa shape index (κ2) is 7.70. The molecule has 1 heterocycles. The molecule has 1 aromatic heterocycles. The van der Waals surface area contributed by atoms with Gasteiger partial charge in [-0.25, -0.2) is 12.8 Å². The van der Waals surface area contributed by atoms with Crippen LogP contribution < -0.4 is 5.43 Å². The van der Waals surface area contributed by atoms with Gasteiger partial charge in [0.1, 0.15) is 10.7 Å². The van der Waals surface area contributed by atoms with Crippen molar-refractivity contribution in [1.82, 2.24) is 4.57 Å². The van der Waals surface area contributed by atoms with Crippen LogP contribution in [0.4, 0.5) is 4.39 Å². The maximum Gasteiger partial charge on any atom is 0.211 e. The van der Waals surface area contributed by atoms with Crippen LogP contribution in [0.15, 0.2) is 87.5 Å². The molecule has 0 saturated carbocycles. The van der Waals surface area contributed by atoms with Gasteiger partial charge >= 0.3 is 0 Å². The van der Waals surface area contributed by atoms with E-state index in [0.29, 0.717) is 10.5 Å². The van der Waals surface area contributed by atoms with Crippen LogP contribution in [-0.2, 0) is 16.4 Å². The zero-order chi connectivity index (χ0) is 21.5. The van der Waals surface area contributed by atoms with Crippen LogP contribution in [0.5, 0.6) is 0 Å². The molecule has 4 nitrogen and oxygen atoms in total. The first-order valence-corrected chi connectivity index (χ1v) is 11.0. The minimum Gasteiger partial charge on any atom is -0.341 e. The van der Waals surface area contributed by atoms with Gasteiger partial charge in [0, 0.05) is 23.2 Å². The summed E-state index contributed by atoms with van der Waals surface area (Å²) in [7, 11) is -4.10. The van der Waals surface area contributed by atoms with Crippen LogP contribution >= 0.6 is 11.6 Å². The lowest BCUT2D eigenvalue weighted by molar-refractivity contribution is 0.593. The molecule has 0 aliphatic rings. The summed E-state index contributed by atoms with van der Waals surface area (Å²) in [5.41, 5.74) is 1.42. The Morgan fingerprint density at radius 2 is 1.73 bits per heavy atom. The lowest BCUT2D eigenvalue weighted by Crippen LogP contribution is -2.20. The van der Waals surface area contributed by atoms with Crippen molar-refractivity contribution >= 4 is 32.3 Å². The van der Waals surface area contributed by atoms with E-state index in [-0.39, 0.29) is 16.8 Å². The topological polar surface area (TPSA) is 56.1 Å². The normalized spacial score (nSPS) is 11.7. The second-order valence-corrected chi connectivity index (χ2v) is 9.41. The number of halogens is 2. The molecule has 4 rings (SSSR count). The Morgan fingerprint density at radius 3 is 2.43 bits per heavy atom. The summed E-state index contributed by atoms with van der Waals surface area (Å²) in [6.45, 7) is 2.10. The standard InChI is InChI=1S/C23H17ClFNO3S/c1-15-5-8-19(9-6-15)30(28,29)22-14-26(13-16-3-2-4-17(24)11-16)21-10-7-18(25)12-20(21)23(22)27/h2-12,14H,13H2,1H3. The SMILES string of the molecule is Cc1ccc(S(=O)(=O)c2cn(Cc3cccc(Cl)c3)c3ccc(F)cc3c2=O)cc1. The van der Waals surface area contributed by atoms with Crippen LogP contribution in [0.25, 0.3) is 10.9 Å². The number of aromatic nitrogens is 1. The summed E-state index contributed by atoms with van der Waals surface area (Å²) in [6, 6.07) is 17.1. The van der Waals surface area contributed by atoms with Crippen molar-refractivity contribution in [2.75, 3.05) is 0 Å². The average Bonchev–Trinajstić information content (AvgIpc) is 2.70. The third-order valence-electron chi connectivity index (χ3n) is 4.87. The van der Waals surface area contributed by atoms with Crippen LogP contribution in [0.2, 0.25) is 5.02 Å². The highest BCUT2D eigenvalue weighted by molar-refractivity contribution is 7.91. The van der Waals surface area contributed by atoms with Crippen LogP contribution in [0.1, 0.15) is 11.1 Å². The Labute approximate surface area is 178 Å². The number of aryl methyl sites for hydroxylation is 1. The third-order valence-corrected chi connectivity index (χ3v) is 6.87. The molecule has 7 heteroatoms. The van der Waals surface area contributed by atoms with Gasteiger partial charge in [0.25, 0.3) is 0 Å². The van der Waals surface area contributed by atoms with Crippen molar-refractivity contribution in [3.8, 4) is 0 Å². The minimum atomic E-state index is -4.10. The summed E-state index contributed by atoms with van der Waals surface area (Å²) in [5, 5.41) is 0.543. The molecule has 152 valence electrons. The monoisotopic (exact) mass is 441 g/mol. The Balaban J connectivity index is 1.97. The van der Waals surface area contributed by atoms with E-state index < -0.39 is 26.0 Å². The molecular weight excluding hydrogens is 425 g/mol. The van der Waals surface area contributed by atoms with Crippen molar-refractivity contribution in [2.45, 2.75) is 23.3 Å². The number of rotatable bonds is 4. The van der Waals surface area contributed by atoms with Crippen molar-refractivity contribution < 1.29 is 12.8 Å². The molecule has 30 heavy (non-hydrogen) atoms. The van der Waals surface area contributed by atoms with E-state index in [2.05, 4.69) is 0 Å². The number of hydrogen-bond acceptors (Lipinski definition) is 3. The third kappa shape index (κ3) is 3.76. The van der Waals surface area contributed by atoms with Gasteiger partial charge in [-0.2, -0.15) is 0 Å². The van der Waals surface area contributed by atoms with Crippen LogP contribution in [0, 0.1) is 12.7 Å². The zero-order valence-electron chi connectivity index (χ0n) is 16.0. The number of fused-ring (bicyclic) bond motifs is 1. The summed E-state index contributed by atoms with van der Waals surface area (Å²) in [6.07, 6.45) is 1.32. The minimum absolute atomic E-state index is 0.00483. The predicted octanol–water partition coefficient (Wildman–Crippen LogP) is 4.98. The van der Waals surface area contributed by atoms with Gasteiger partial charge in [0.2, 0.25) is 15.3 Å². The van der Waals surface area contributed by atoms with E-state index in [1.54, 1.807) is 34.9 Å². The fourth-order valence-corrected chi connectivity index (χ4v) is 4.92. The van der Waals surface area contributed by atoms with Gasteiger partial charge in [-0.1, -0.05) is 41.4 Å². The van der Waals surface area contributed by atoms with Gasteiger partial charge in [0.15, 0.2) is 0 Å². The molecule has 0 fully saturated rings. The first-order valence-electron chi connectivity index (χ1n) is 9.14. The van der Waals surface area contributed by atoms with Gasteiger partial charge in [0.05, 0.1) is 10.4 Å². The van der Waals surface area contributed by atoms with Crippen LogP contribution in [-0.4, -0.2) is 13.0 Å². The second-order valence-electron chi connectivity index (χ2n) is 7.06. The molecule has 0 atom stereocenters. The van der Waals surface area contributed by atoms with E-state index >= 15 is 0 Å². The Hall–Kier alpha value is -2.96. The lowest BCUT2D eigenvalue weighted by atomic mass is 10.1. The van der Waals surface area contributed by atoms with E-state index in [1.807, 2.05) is 13.0 Å². The first kappa shape index (κ1) is 20.3. The molecule has 0 saturated heterocycles. The molecule has 3 aromatic carbocycles. The number of pyridine rings is 1. The van der Waals surface area contributed by atoms with E-state index in [9.17, 15) is 17.6 Å². The Kier molecular flexibility index (Phi) is 5.22. The molecule has 0 bridgehead atoms. The number of sulfone groups is 1. The molecule has 0 unspecified atom stereocenters. The van der Waals surface area contributed by atoms with Crippen molar-refractivity contribution in [3.05, 3.63) is 105 Å². The largest absolute Gasteiger partial charge is 0.341 e. The molecule has 0 aliphatic heterocycles. The lowest BCUT2D eigenvalue weighted by Gasteiger charge is -2.14. The predicted molar refractivity (Wildman–Crippen MR) is 115 cm³/mol. The molecule has 0 N–H and O–H groups in total. The zero-order valence-corrected chi connectivity index (χ0v) is 17.5. The van der Waals surface area contributed by atoms with E-state index in [1.165, 1.54) is 30.5 Å². The average molecular weight is 442 g/mol. The Bertz CT molecular complexity index is 1430. The summed E-state index contributed by atoms with van der Waals surface area (Å²) in [4.78, 5) is 12.7. The van der Waals surface area contributed by atoms with Gasteiger partial charge in [-0.15, -0.1) is 0 Å².